The molecule has 2 heterocycles. The van der Waals surface area contributed by atoms with Crippen LogP contribution in [-0.4, -0.2) is 53.9 Å². The van der Waals surface area contributed by atoms with E-state index in [1.165, 1.54) is 12.1 Å². The molecule has 0 radical (unpaired) electrons. The maximum Gasteiger partial charge on any atom is 0.253 e. The van der Waals surface area contributed by atoms with Crippen LogP contribution in [0.4, 0.5) is 8.78 Å². The van der Waals surface area contributed by atoms with Crippen LogP contribution in [0, 0.1) is 11.6 Å². The highest BCUT2D eigenvalue weighted by molar-refractivity contribution is 9.12. The summed E-state index contributed by atoms with van der Waals surface area (Å²) in [6.07, 6.45) is 1.64. The number of rotatable bonds is 5. The molecule has 6 nitrogen and oxygen atoms in total. The zero-order valence-corrected chi connectivity index (χ0v) is 19.8. The van der Waals surface area contributed by atoms with Crippen molar-refractivity contribution < 1.29 is 18.3 Å². The normalized spacial score (nSPS) is 18.6. The summed E-state index contributed by atoms with van der Waals surface area (Å²) in [5.41, 5.74) is 1.92. The molecule has 0 spiro atoms. The number of carbonyl (C=O) groups excluding carboxylic acids is 1. The summed E-state index contributed by atoms with van der Waals surface area (Å²) in [6.45, 7) is 5.46. The van der Waals surface area contributed by atoms with Gasteiger partial charge in [-0.05, 0) is 52.7 Å². The number of carbonyl (C=O) groups is 1. The van der Waals surface area contributed by atoms with Crippen molar-refractivity contribution in [3.8, 4) is 0 Å². The number of hydrogen-bond acceptors (Lipinski definition) is 5. The number of hydrogen-bond donors (Lipinski definition) is 1. The van der Waals surface area contributed by atoms with E-state index in [9.17, 15) is 13.6 Å². The fourth-order valence-corrected chi connectivity index (χ4v) is 4.23. The molecule has 2 aromatic rings. The van der Waals surface area contributed by atoms with Crippen LogP contribution in [0.3, 0.4) is 0 Å². The van der Waals surface area contributed by atoms with E-state index in [4.69, 9.17) is 4.74 Å². The van der Waals surface area contributed by atoms with Gasteiger partial charge in [-0.3, -0.25) is 4.79 Å². The topological polar surface area (TPSA) is 57.2 Å². The highest BCUT2D eigenvalue weighted by atomic mass is 79.9. The molecule has 2 aromatic carbocycles. The van der Waals surface area contributed by atoms with E-state index >= 15 is 0 Å². The molecule has 174 valence electrons. The van der Waals surface area contributed by atoms with Crippen molar-refractivity contribution in [3.63, 3.8) is 0 Å². The molecular formula is C24H25BrF2N4O2. The van der Waals surface area contributed by atoms with Crippen molar-refractivity contribution in [1.29, 1.82) is 0 Å². The van der Waals surface area contributed by atoms with Crippen LogP contribution in [0.15, 0.2) is 58.1 Å². The summed E-state index contributed by atoms with van der Waals surface area (Å²) in [5, 5.41) is 3.25. The van der Waals surface area contributed by atoms with Gasteiger partial charge in [-0.25, -0.2) is 13.8 Å². The Bertz CT molecular complexity index is 1090. The zero-order chi connectivity index (χ0) is 23.4. The lowest BCUT2D eigenvalue weighted by molar-refractivity contribution is 0.0735. The van der Waals surface area contributed by atoms with Crippen LogP contribution >= 0.6 is 15.9 Å². The Balaban J connectivity index is 1.40. The van der Waals surface area contributed by atoms with Gasteiger partial charge in [0.05, 0.1) is 4.48 Å². The molecule has 1 fully saturated rings. The molecule has 0 saturated carbocycles. The van der Waals surface area contributed by atoms with E-state index in [2.05, 4.69) is 26.2 Å². The van der Waals surface area contributed by atoms with Gasteiger partial charge in [-0.15, -0.1) is 0 Å². The maximum atomic E-state index is 13.9. The van der Waals surface area contributed by atoms with E-state index in [1.807, 2.05) is 47.2 Å². The highest BCUT2D eigenvalue weighted by Crippen LogP contribution is 2.23. The smallest absolute Gasteiger partial charge is 0.253 e. The standard InChI is InChI=1S/C24H25BrF2N4O2/c1-16-29-23(33-15-19-5-6-20(26)12-22(19)27)21(25)14-31(16)13-17-3-2-4-18(11-17)24(32)30-9-7-28-8-10-30/h2-6,11-12,14,16,28H,7-10,13,15H2,1H3. The van der Waals surface area contributed by atoms with Crippen LogP contribution in [0.5, 0.6) is 0 Å². The third kappa shape index (κ3) is 5.78. The number of amides is 1. The molecule has 4 rings (SSSR count). The summed E-state index contributed by atoms with van der Waals surface area (Å²) >= 11 is 3.47. The quantitative estimate of drug-likeness (QED) is 0.649. The summed E-state index contributed by atoms with van der Waals surface area (Å²) in [6, 6.07) is 11.0. The number of nitrogens with one attached hydrogen (secondary N) is 1. The molecule has 1 N–H and O–H groups in total. The third-order valence-corrected chi connectivity index (χ3v) is 6.13. The average molecular weight is 519 g/mol. The van der Waals surface area contributed by atoms with Crippen LogP contribution in [0.25, 0.3) is 0 Å². The van der Waals surface area contributed by atoms with Crippen molar-refractivity contribution in [2.24, 2.45) is 4.99 Å². The molecule has 0 aliphatic carbocycles. The Hall–Kier alpha value is -2.78. The van der Waals surface area contributed by atoms with Crippen molar-refractivity contribution in [3.05, 3.63) is 81.5 Å². The van der Waals surface area contributed by atoms with E-state index < -0.39 is 11.6 Å². The van der Waals surface area contributed by atoms with Gasteiger partial charge in [0.1, 0.15) is 24.4 Å². The summed E-state index contributed by atoms with van der Waals surface area (Å²) < 4.78 is 33.3. The second kappa shape index (κ2) is 10.4. The van der Waals surface area contributed by atoms with Crippen molar-refractivity contribution >= 4 is 27.7 Å². The minimum absolute atomic E-state index is 0.0449. The van der Waals surface area contributed by atoms with E-state index in [1.54, 1.807) is 0 Å². The van der Waals surface area contributed by atoms with Gasteiger partial charge < -0.3 is 19.9 Å². The Morgan fingerprint density at radius 2 is 2.00 bits per heavy atom. The SMILES string of the molecule is CC1N=C(OCc2ccc(F)cc2F)C(Br)=CN1Cc1cccc(C(=O)N2CCNCC2)c1. The van der Waals surface area contributed by atoms with Gasteiger partial charge in [-0.2, -0.15) is 0 Å². The van der Waals surface area contributed by atoms with Gasteiger partial charge >= 0.3 is 0 Å². The van der Waals surface area contributed by atoms with Crippen LogP contribution in [0.2, 0.25) is 0 Å². The van der Waals surface area contributed by atoms with Crippen LogP contribution < -0.4 is 5.32 Å². The Morgan fingerprint density at radius 3 is 2.76 bits per heavy atom. The van der Waals surface area contributed by atoms with Gasteiger partial charge in [0.2, 0.25) is 5.90 Å². The number of piperazine rings is 1. The molecule has 1 saturated heterocycles. The monoisotopic (exact) mass is 518 g/mol. The second-order valence-corrected chi connectivity index (χ2v) is 8.84. The summed E-state index contributed by atoms with van der Waals surface area (Å²) in [7, 11) is 0. The first-order valence-corrected chi connectivity index (χ1v) is 11.6. The number of aliphatic imine (C=N–C) groups is 1. The zero-order valence-electron chi connectivity index (χ0n) is 18.2. The maximum absolute atomic E-state index is 13.9. The molecule has 2 aliphatic heterocycles. The molecular weight excluding hydrogens is 494 g/mol. The summed E-state index contributed by atoms with van der Waals surface area (Å²) in [5.74, 6) is -0.889. The highest BCUT2D eigenvalue weighted by Gasteiger charge is 2.22. The first-order chi connectivity index (χ1) is 15.9. The van der Waals surface area contributed by atoms with Crippen LogP contribution in [-0.2, 0) is 17.9 Å². The number of benzene rings is 2. The second-order valence-electron chi connectivity index (χ2n) is 7.98. The number of halogens is 3. The molecule has 1 amide bonds. The molecule has 9 heteroatoms. The Morgan fingerprint density at radius 1 is 1.21 bits per heavy atom. The minimum Gasteiger partial charge on any atom is -0.472 e. The van der Waals surface area contributed by atoms with Crippen LogP contribution in [0.1, 0.15) is 28.4 Å². The fourth-order valence-electron chi connectivity index (χ4n) is 3.75. The van der Waals surface area contributed by atoms with E-state index in [-0.39, 0.29) is 24.2 Å². The molecule has 1 atom stereocenters. The Labute approximate surface area is 200 Å². The minimum atomic E-state index is -0.656. The molecule has 0 bridgehead atoms. The number of nitrogens with zero attached hydrogens (tertiary/aromatic N) is 3. The van der Waals surface area contributed by atoms with Gasteiger partial charge in [0, 0.05) is 56.1 Å². The predicted octanol–water partition coefficient (Wildman–Crippen LogP) is 4.02. The molecule has 2 aliphatic rings. The lowest BCUT2D eigenvalue weighted by Crippen LogP contribution is -2.46. The van der Waals surface area contributed by atoms with Gasteiger partial charge in [0.15, 0.2) is 0 Å². The summed E-state index contributed by atoms with van der Waals surface area (Å²) in [4.78, 5) is 21.3. The van der Waals surface area contributed by atoms with Crippen molar-refractivity contribution in [2.45, 2.75) is 26.2 Å². The lowest BCUT2D eigenvalue weighted by Gasteiger charge is -2.30. The van der Waals surface area contributed by atoms with E-state index in [0.29, 0.717) is 35.6 Å². The Kier molecular flexibility index (Phi) is 7.39. The fraction of sp³-hybridized carbons (Fsp3) is 0.333. The molecule has 0 aromatic heterocycles. The first-order valence-electron chi connectivity index (χ1n) is 10.8. The largest absolute Gasteiger partial charge is 0.472 e. The number of ether oxygens (including phenoxy) is 1. The van der Waals surface area contributed by atoms with Gasteiger partial charge in [-0.1, -0.05) is 12.1 Å². The molecule has 33 heavy (non-hydrogen) atoms. The first kappa shape index (κ1) is 23.4. The van der Waals surface area contributed by atoms with Gasteiger partial charge in [0.25, 0.3) is 5.91 Å². The molecule has 1 unspecified atom stereocenters. The van der Waals surface area contributed by atoms with Crippen molar-refractivity contribution in [2.75, 3.05) is 26.2 Å². The average Bonchev–Trinajstić information content (AvgIpc) is 2.81. The lowest BCUT2D eigenvalue weighted by atomic mass is 10.1. The van der Waals surface area contributed by atoms with E-state index in [0.717, 1.165) is 24.7 Å². The van der Waals surface area contributed by atoms with Crippen molar-refractivity contribution in [1.82, 2.24) is 15.1 Å². The predicted molar refractivity (Wildman–Crippen MR) is 126 cm³/mol. The third-order valence-electron chi connectivity index (χ3n) is 5.59.